The van der Waals surface area contributed by atoms with E-state index in [9.17, 15) is 4.79 Å². The van der Waals surface area contributed by atoms with Crippen molar-refractivity contribution in [1.82, 2.24) is 15.5 Å². The standard InChI is InChI=1S/C16H19N3O/c20-14(12-5-4-10-2-1-3-11(10)8-12)17-16-13-6-7-19(9-13)15(16)18-16/h4-5,8,13,15,18H,1-3,6-7,9H2,(H,17,20). The fourth-order valence-electron chi connectivity index (χ4n) is 4.48. The third kappa shape index (κ3) is 1.36. The number of hydrogen-bond acceptors (Lipinski definition) is 3. The van der Waals surface area contributed by atoms with E-state index in [0.29, 0.717) is 12.1 Å². The third-order valence-corrected chi connectivity index (χ3v) is 5.63. The second kappa shape index (κ2) is 3.62. The van der Waals surface area contributed by atoms with Crippen molar-refractivity contribution in [3.8, 4) is 0 Å². The molecule has 0 spiro atoms. The van der Waals surface area contributed by atoms with E-state index in [0.717, 1.165) is 18.5 Å². The number of hydrogen-bond donors (Lipinski definition) is 2. The Morgan fingerprint density at radius 2 is 2.25 bits per heavy atom. The Labute approximate surface area is 118 Å². The maximum Gasteiger partial charge on any atom is 0.252 e. The van der Waals surface area contributed by atoms with Crippen LogP contribution >= 0.6 is 0 Å². The fraction of sp³-hybridized carbons (Fsp3) is 0.562. The molecule has 1 amide bonds. The van der Waals surface area contributed by atoms with E-state index in [4.69, 9.17) is 0 Å². The van der Waals surface area contributed by atoms with Crippen LogP contribution in [0.2, 0.25) is 0 Å². The van der Waals surface area contributed by atoms with E-state index in [2.05, 4.69) is 27.7 Å². The summed E-state index contributed by atoms with van der Waals surface area (Å²) in [5.74, 6) is 0.675. The van der Waals surface area contributed by atoms with Crippen LogP contribution in [0.1, 0.15) is 34.3 Å². The minimum absolute atomic E-state index is 0.0865. The lowest BCUT2D eigenvalue weighted by atomic mass is 9.98. The Morgan fingerprint density at radius 1 is 1.35 bits per heavy atom. The van der Waals surface area contributed by atoms with Crippen LogP contribution in [0.4, 0.5) is 0 Å². The first-order chi connectivity index (χ1) is 9.76. The molecule has 1 aliphatic carbocycles. The predicted octanol–water partition coefficient (Wildman–Crippen LogP) is 0.866. The van der Waals surface area contributed by atoms with E-state index in [1.165, 1.54) is 36.9 Å². The maximum atomic E-state index is 12.5. The lowest BCUT2D eigenvalue weighted by Gasteiger charge is -2.21. The minimum Gasteiger partial charge on any atom is -0.331 e. The molecule has 4 nitrogen and oxygen atoms in total. The third-order valence-electron chi connectivity index (χ3n) is 5.63. The summed E-state index contributed by atoms with van der Waals surface area (Å²) in [5.41, 5.74) is 3.50. The first-order valence-electron chi connectivity index (χ1n) is 7.72. The topological polar surface area (TPSA) is 54.3 Å². The Morgan fingerprint density at radius 3 is 3.10 bits per heavy atom. The Kier molecular flexibility index (Phi) is 2.05. The van der Waals surface area contributed by atoms with Crippen LogP contribution in [0.3, 0.4) is 0 Å². The quantitative estimate of drug-likeness (QED) is 0.783. The summed E-state index contributed by atoms with van der Waals surface area (Å²) >= 11 is 0. The molecule has 0 radical (unpaired) electrons. The predicted molar refractivity (Wildman–Crippen MR) is 75.3 cm³/mol. The molecular weight excluding hydrogens is 250 g/mol. The average Bonchev–Trinajstić information content (AvgIpc) is 2.87. The summed E-state index contributed by atoms with van der Waals surface area (Å²) < 4.78 is 0. The van der Waals surface area contributed by atoms with Crippen molar-refractivity contribution in [2.45, 2.75) is 37.5 Å². The summed E-state index contributed by atoms with van der Waals surface area (Å²) in [6, 6.07) is 6.22. The summed E-state index contributed by atoms with van der Waals surface area (Å²) in [7, 11) is 0. The minimum atomic E-state index is -0.117. The zero-order chi connectivity index (χ0) is 13.3. The number of rotatable bonds is 2. The smallest absolute Gasteiger partial charge is 0.252 e. The van der Waals surface area contributed by atoms with Gasteiger partial charge in [-0.2, -0.15) is 0 Å². The Balaban J connectivity index is 1.39. The number of benzene rings is 1. The first kappa shape index (κ1) is 11.3. The van der Waals surface area contributed by atoms with Crippen LogP contribution < -0.4 is 10.6 Å². The second-order valence-corrected chi connectivity index (χ2v) is 6.69. The molecule has 0 saturated carbocycles. The highest BCUT2D eigenvalue weighted by Crippen LogP contribution is 2.48. The molecule has 5 rings (SSSR count). The van der Waals surface area contributed by atoms with Gasteiger partial charge in [-0.05, 0) is 48.9 Å². The Bertz CT molecular complexity index is 614. The molecule has 3 fully saturated rings. The van der Waals surface area contributed by atoms with Crippen molar-refractivity contribution in [1.29, 1.82) is 0 Å². The number of carbonyl (C=O) groups excluding carboxylic acids is 1. The number of nitrogens with one attached hydrogen (secondary N) is 2. The maximum absolute atomic E-state index is 12.5. The molecule has 2 N–H and O–H groups in total. The van der Waals surface area contributed by atoms with E-state index >= 15 is 0 Å². The highest BCUT2D eigenvalue weighted by atomic mass is 16.2. The molecule has 1 aromatic carbocycles. The van der Waals surface area contributed by atoms with Gasteiger partial charge in [0.05, 0.1) is 6.17 Å². The number of aryl methyl sites for hydroxylation is 2. The van der Waals surface area contributed by atoms with Crippen molar-refractivity contribution in [2.75, 3.05) is 13.1 Å². The molecule has 4 unspecified atom stereocenters. The normalized spacial score (nSPS) is 39.5. The van der Waals surface area contributed by atoms with Crippen LogP contribution in [0.25, 0.3) is 0 Å². The van der Waals surface area contributed by atoms with Crippen LogP contribution in [0, 0.1) is 5.92 Å². The summed E-state index contributed by atoms with van der Waals surface area (Å²) in [6.07, 6.45) is 5.11. The molecule has 1 aromatic rings. The van der Waals surface area contributed by atoms with Gasteiger partial charge in [0, 0.05) is 24.6 Å². The van der Waals surface area contributed by atoms with Crippen molar-refractivity contribution in [3.63, 3.8) is 0 Å². The number of piperidine rings is 1. The molecule has 3 heterocycles. The zero-order valence-corrected chi connectivity index (χ0v) is 11.5. The van der Waals surface area contributed by atoms with Gasteiger partial charge in [-0.25, -0.2) is 0 Å². The number of nitrogens with zero attached hydrogens (tertiary/aromatic N) is 1. The Hall–Kier alpha value is -1.39. The van der Waals surface area contributed by atoms with Crippen molar-refractivity contribution in [3.05, 3.63) is 34.9 Å². The molecular formula is C16H19N3O. The van der Waals surface area contributed by atoms with Gasteiger partial charge in [-0.3, -0.25) is 15.0 Å². The SMILES string of the molecule is O=C(NC12NC1N1CCC2C1)c1ccc2c(c1)CCC2. The van der Waals surface area contributed by atoms with Gasteiger partial charge in [-0.15, -0.1) is 0 Å². The average molecular weight is 269 g/mol. The van der Waals surface area contributed by atoms with E-state index < -0.39 is 0 Å². The molecule has 104 valence electrons. The van der Waals surface area contributed by atoms with Gasteiger partial charge >= 0.3 is 0 Å². The summed E-state index contributed by atoms with van der Waals surface area (Å²) in [5, 5.41) is 6.77. The van der Waals surface area contributed by atoms with Gasteiger partial charge < -0.3 is 5.32 Å². The largest absolute Gasteiger partial charge is 0.331 e. The first-order valence-corrected chi connectivity index (χ1v) is 7.72. The number of fused-ring (bicyclic) bond motifs is 6. The van der Waals surface area contributed by atoms with Crippen LogP contribution in [0.15, 0.2) is 18.2 Å². The van der Waals surface area contributed by atoms with Gasteiger partial charge in [0.15, 0.2) is 0 Å². The highest BCUT2D eigenvalue weighted by molar-refractivity contribution is 5.95. The monoisotopic (exact) mass is 269 g/mol. The zero-order valence-electron chi connectivity index (χ0n) is 11.5. The summed E-state index contributed by atoms with van der Waals surface area (Å²) in [4.78, 5) is 15.0. The van der Waals surface area contributed by atoms with E-state index in [-0.39, 0.29) is 11.6 Å². The number of amides is 1. The van der Waals surface area contributed by atoms with E-state index in [1.807, 2.05) is 6.07 Å². The van der Waals surface area contributed by atoms with Gasteiger partial charge in [0.25, 0.3) is 5.91 Å². The molecule has 4 heteroatoms. The fourth-order valence-corrected chi connectivity index (χ4v) is 4.48. The molecule has 3 saturated heterocycles. The van der Waals surface area contributed by atoms with Crippen LogP contribution in [-0.4, -0.2) is 35.7 Å². The molecule has 2 bridgehead atoms. The lowest BCUT2D eigenvalue weighted by molar-refractivity contribution is 0.0912. The van der Waals surface area contributed by atoms with Gasteiger partial charge in [0.2, 0.25) is 0 Å². The van der Waals surface area contributed by atoms with Crippen molar-refractivity contribution >= 4 is 5.91 Å². The second-order valence-electron chi connectivity index (χ2n) is 6.69. The lowest BCUT2D eigenvalue weighted by Crippen LogP contribution is -2.46. The highest BCUT2D eigenvalue weighted by Gasteiger charge is 2.69. The van der Waals surface area contributed by atoms with Crippen molar-refractivity contribution < 1.29 is 4.79 Å². The van der Waals surface area contributed by atoms with Gasteiger partial charge in [0.1, 0.15) is 5.66 Å². The molecule has 0 aromatic heterocycles. The van der Waals surface area contributed by atoms with E-state index in [1.54, 1.807) is 0 Å². The van der Waals surface area contributed by atoms with Gasteiger partial charge in [-0.1, -0.05) is 6.07 Å². The molecule has 4 aliphatic rings. The van der Waals surface area contributed by atoms with Crippen LogP contribution in [-0.2, 0) is 12.8 Å². The number of carbonyl (C=O) groups is 1. The summed E-state index contributed by atoms with van der Waals surface area (Å²) in [6.45, 7) is 2.32. The molecule has 3 aliphatic heterocycles. The molecule has 4 atom stereocenters. The molecule has 20 heavy (non-hydrogen) atoms. The van der Waals surface area contributed by atoms with Crippen molar-refractivity contribution in [2.24, 2.45) is 5.92 Å². The van der Waals surface area contributed by atoms with Crippen LogP contribution in [0.5, 0.6) is 0 Å².